The Bertz CT molecular complexity index is 3670. The lowest BCUT2D eigenvalue weighted by Gasteiger charge is -2.52. The number of esters is 1. The molecule has 12 heterocycles. The minimum Gasteiger partial charge on any atom is -0.469 e. The van der Waals surface area contributed by atoms with Crippen LogP contribution in [-0.2, 0) is 89.3 Å². The maximum Gasteiger partial charge on any atom is 0.373 e. The number of aliphatic hydroxyl groups excluding tert-OH is 2. The Labute approximate surface area is 763 Å². The Balaban J connectivity index is 0.000000296. The number of hydrogen-bond acceptors (Lipinski definition) is 21. The van der Waals surface area contributed by atoms with Crippen LogP contribution in [0.15, 0.2) is 86.1 Å². The first-order valence-electron chi connectivity index (χ1n) is 48.6. The van der Waals surface area contributed by atoms with Gasteiger partial charge in [-0.05, 0) is 214 Å². The smallest absolute Gasteiger partial charge is 0.373 e. The fourth-order valence-electron chi connectivity index (χ4n) is 21.1. The molecule has 0 saturated carbocycles. The first-order valence-corrected chi connectivity index (χ1v) is 57.3. The summed E-state index contributed by atoms with van der Waals surface area (Å²) in [5, 5.41) is 19.6. The molecular formula is C102H172O21Si3. The average Bonchev–Trinajstić information content (AvgIpc) is 1.55. The van der Waals surface area contributed by atoms with Crippen LogP contribution in [-0.4, -0.2) is 220 Å². The van der Waals surface area contributed by atoms with E-state index in [-0.39, 0.29) is 203 Å². The van der Waals surface area contributed by atoms with E-state index in [1.807, 2.05) is 18.2 Å². The van der Waals surface area contributed by atoms with Gasteiger partial charge in [0.15, 0.2) is 36.5 Å². The minimum absolute atomic E-state index is 0.0145. The number of allylic oxidation sites excluding steroid dienone is 1. The van der Waals surface area contributed by atoms with Crippen LogP contribution in [0.25, 0.3) is 0 Å². The van der Waals surface area contributed by atoms with Crippen molar-refractivity contribution in [2.24, 2.45) is 59.2 Å². The summed E-state index contributed by atoms with van der Waals surface area (Å²) in [6.07, 6.45) is 21.6. The van der Waals surface area contributed by atoms with Gasteiger partial charge in [0, 0.05) is 57.0 Å². The van der Waals surface area contributed by atoms with Gasteiger partial charge in [-0.3, -0.25) is 9.59 Å². The number of carbonyl (C=O) groups excluding carboxylic acids is 4. The molecule has 0 spiro atoms. The van der Waals surface area contributed by atoms with Crippen molar-refractivity contribution in [1.29, 1.82) is 0 Å². The van der Waals surface area contributed by atoms with E-state index in [1.54, 1.807) is 6.08 Å². The summed E-state index contributed by atoms with van der Waals surface area (Å²) < 4.78 is 100. The van der Waals surface area contributed by atoms with Crippen molar-refractivity contribution in [3.8, 4) is 0 Å². The molecule has 12 rings (SSSR count). The second kappa shape index (κ2) is 44.9. The van der Waals surface area contributed by atoms with Crippen LogP contribution in [0.4, 0.5) is 0 Å². The van der Waals surface area contributed by atoms with E-state index in [0.29, 0.717) is 62.4 Å². The predicted molar refractivity (Wildman–Crippen MR) is 502 cm³/mol. The molecule has 24 heteroatoms. The lowest BCUT2D eigenvalue weighted by Crippen LogP contribution is -2.60. The van der Waals surface area contributed by atoms with Crippen LogP contribution in [0, 0.1) is 59.2 Å². The van der Waals surface area contributed by atoms with Crippen molar-refractivity contribution in [1.82, 2.24) is 0 Å². The van der Waals surface area contributed by atoms with E-state index >= 15 is 0 Å². The zero-order chi connectivity index (χ0) is 93.4. The Hall–Kier alpha value is -3.29. The number of ketones is 1. The van der Waals surface area contributed by atoms with E-state index < -0.39 is 42.9 Å². The zero-order valence-electron chi connectivity index (χ0n) is 82.5. The number of methoxy groups -OCH3 is 1. The number of aliphatic hydroxyl groups is 2. The van der Waals surface area contributed by atoms with Crippen LogP contribution in [0.3, 0.4) is 0 Å². The number of ether oxygens (including phenoxy) is 12. The third kappa shape index (κ3) is 26.2. The number of rotatable bonds is 38. The summed E-state index contributed by atoms with van der Waals surface area (Å²) in [6, 6.07) is 0. The van der Waals surface area contributed by atoms with Gasteiger partial charge < -0.3 is 80.3 Å². The van der Waals surface area contributed by atoms with Crippen molar-refractivity contribution >= 4 is 42.9 Å². The summed E-state index contributed by atoms with van der Waals surface area (Å²) in [4.78, 5) is 42.9. The molecule has 6 bridgehead atoms. The third-order valence-electron chi connectivity index (χ3n) is 32.7. The molecule has 12 aliphatic rings. The van der Waals surface area contributed by atoms with Crippen LogP contribution < -0.4 is 0 Å². The second-order valence-electron chi connectivity index (χ2n) is 44.9. The lowest BCUT2D eigenvalue weighted by molar-refractivity contribution is -0.262. The van der Waals surface area contributed by atoms with Crippen LogP contribution in [0.5, 0.6) is 0 Å². The van der Waals surface area contributed by atoms with E-state index in [4.69, 9.17) is 79.7 Å². The number of carbonyl (C=O) groups is 2. The standard InChI is InChI=1S/C61H110O10Si3.C40H62O9.CO2/c1-25-26-51-43(6)44(7)57(71-74(23,24)61(15,16)17)58(69-51)52(70-73(21,22)60(12,13)14)31-28-46(62)27-29-47-35-41(4)50(66-47)32-30-48-34-40(3)42(5)54(67-48)37-55-49(36-56(63)64-18)45(8)53(68-55)33-39(2)38-65-72(19,20)59(9,10)11;1-8-10-31-25(7)36-38-39(46-31)37-35(47-38)19-40(48-36,49-37)14-13-28-16-22(4)30(43-28)12-11-27-15-21(3)23(5)33(44-27)18-34-29(9-2)24(6)32(45-34)17-26(42)20-41;2-1-3/h25,28,31,39-40,43-45,47-55,57-58H,1,4-5,26-27,29-30,32-38H2,2-3,6-24H3;8,21,24-39,41-42H,1,4-5,9-20H2,2-3,6-7H3;/b31-28+;;/t39-,40+,43+,44-,45+,47?,48?,49+,50-,51-,52-,53+,54+,55?,57-,58-;21-,24-,25+,26+,27?,28?,29-,30+,31+,32-,33-,34?,35-,36+,37+,38+,39+,40-;/m01./s1. The maximum absolute atomic E-state index is 13.9. The molecular weight excluding hydrogens is 1650 g/mol. The van der Waals surface area contributed by atoms with Gasteiger partial charge in [0.05, 0.1) is 136 Å². The molecule has 126 heavy (non-hydrogen) atoms. The lowest BCUT2D eigenvalue weighted by atomic mass is 9.79. The SMILES string of the molecule is C=CC[C@@H]1O[C@@H]([C@H](/C=C/C(=O)CCC2CC(=C)[C@H](CCC3C[C@@H](C)C(=C)[C@@H](CC4O[C@H](C[C@H](C)CO[Si](C)(C)C(C)(C)C)[C@H](C)[C@H]4CC(=O)OC)O3)O2)O[Si](C)(C)C(C)(C)C)[C@@H](O[Si](C)(C)C(C)(C)C)[C@@H](C)[C@H]1C.C=CC[C@@H]1O[C@@H]2[C@H]3O[C@@H]4C[C@@](CCC5CC(=C)[C@H](CCC6C[C@@H](C)C(=C)[C@@H](CC7O[C@H](C[C@H](O)CO)[C@H](C)[C@H]7CC)O6)O5)(O[C@H]24)O[C@H]3[C@H]1C.O=C=O. The summed E-state index contributed by atoms with van der Waals surface area (Å²) in [5.74, 6) is 1.78. The molecule has 0 aromatic heterocycles. The Kier molecular flexibility index (Phi) is 37.9. The fraction of sp³-hybridized carbons (Fsp3) is 0.833. The first-order chi connectivity index (χ1) is 58.9. The summed E-state index contributed by atoms with van der Waals surface area (Å²) in [6.45, 7) is 80.7. The fourth-order valence-corrected chi connectivity index (χ4v) is 24.8. The van der Waals surface area contributed by atoms with Gasteiger partial charge in [-0.1, -0.05) is 176 Å². The Morgan fingerprint density at radius 1 is 0.571 bits per heavy atom. The summed E-state index contributed by atoms with van der Waals surface area (Å²) in [7, 11) is -4.96. The van der Waals surface area contributed by atoms with Crippen LogP contribution in [0.2, 0.25) is 54.4 Å². The van der Waals surface area contributed by atoms with Gasteiger partial charge in [0.2, 0.25) is 0 Å². The summed E-state index contributed by atoms with van der Waals surface area (Å²) >= 11 is 0. The van der Waals surface area contributed by atoms with Crippen LogP contribution >= 0.6 is 0 Å². The largest absolute Gasteiger partial charge is 0.469 e. The van der Waals surface area contributed by atoms with Gasteiger partial charge >= 0.3 is 12.1 Å². The highest BCUT2D eigenvalue weighted by Gasteiger charge is 2.68. The molecule has 12 saturated heterocycles. The van der Waals surface area contributed by atoms with E-state index in [9.17, 15) is 19.8 Å². The zero-order valence-corrected chi connectivity index (χ0v) is 85.5. The molecule has 12 fully saturated rings. The average molecular weight is 1820 g/mol. The normalized spacial score (nSPS) is 38.6. The van der Waals surface area contributed by atoms with Crippen molar-refractivity contribution in [3.63, 3.8) is 0 Å². The summed E-state index contributed by atoms with van der Waals surface area (Å²) in [5.41, 5.74) is 4.51. The van der Waals surface area contributed by atoms with Crippen molar-refractivity contribution in [3.05, 3.63) is 86.1 Å². The molecule has 0 aromatic carbocycles. The monoisotopic (exact) mass is 1820 g/mol. The van der Waals surface area contributed by atoms with Gasteiger partial charge in [-0.15, -0.1) is 13.2 Å². The molecule has 0 aromatic rings. The molecule has 2 N–H and O–H groups in total. The third-order valence-corrected chi connectivity index (χ3v) is 46.2. The minimum atomic E-state index is -2.33. The molecule has 718 valence electrons. The Morgan fingerprint density at radius 2 is 1.06 bits per heavy atom. The highest BCUT2D eigenvalue weighted by atomic mass is 28.4. The van der Waals surface area contributed by atoms with Gasteiger partial charge in [-0.25, -0.2) is 0 Å². The van der Waals surface area contributed by atoms with Gasteiger partial charge in [0.25, 0.3) is 0 Å². The quantitative estimate of drug-likeness (QED) is 0.0252. The highest BCUT2D eigenvalue weighted by Crippen LogP contribution is 2.56. The van der Waals surface area contributed by atoms with Crippen molar-refractivity contribution in [2.75, 3.05) is 20.3 Å². The highest BCUT2D eigenvalue weighted by molar-refractivity contribution is 6.75. The van der Waals surface area contributed by atoms with Crippen LogP contribution in [0.1, 0.15) is 259 Å². The topological polar surface area (TPSA) is 247 Å². The molecule has 0 amide bonds. The molecule has 0 radical (unpaired) electrons. The van der Waals surface area contributed by atoms with Gasteiger partial charge in [0.1, 0.15) is 24.4 Å². The van der Waals surface area contributed by atoms with Gasteiger partial charge in [-0.2, -0.15) is 9.59 Å². The Morgan fingerprint density at radius 3 is 1.58 bits per heavy atom. The molecule has 21 nitrogen and oxygen atoms in total. The van der Waals surface area contributed by atoms with E-state index in [2.05, 4.69) is 203 Å². The maximum atomic E-state index is 13.9. The number of hydrogen-bond donors (Lipinski definition) is 2. The second-order valence-corrected chi connectivity index (χ2v) is 59.2. The van der Waals surface area contributed by atoms with Crippen molar-refractivity contribution in [2.45, 2.75) is 460 Å². The first kappa shape index (κ1) is 106. The molecule has 34 atom stereocenters. The molecule has 6 unspecified atom stereocenters. The van der Waals surface area contributed by atoms with E-state index in [0.717, 1.165) is 119 Å². The van der Waals surface area contributed by atoms with Crippen molar-refractivity contribution < 1.29 is 99.5 Å². The molecule has 0 aliphatic carbocycles. The predicted octanol–water partition coefficient (Wildman–Crippen LogP) is 20.4. The molecule has 12 aliphatic heterocycles. The van der Waals surface area contributed by atoms with E-state index in [1.165, 1.54) is 12.7 Å².